The molecule has 4 N–H and O–H groups in total. The fraction of sp³-hybridized carbons (Fsp3) is 0.579. The number of methoxy groups -OCH3 is 1. The third-order valence-corrected chi connectivity index (χ3v) is 4.88. The van der Waals surface area contributed by atoms with Gasteiger partial charge in [-0.05, 0) is 32.0 Å². The molecule has 0 unspecified atom stereocenters. The van der Waals surface area contributed by atoms with Crippen LogP contribution in [0.2, 0.25) is 0 Å². The lowest BCUT2D eigenvalue weighted by molar-refractivity contribution is -1.02. The second-order valence-electron chi connectivity index (χ2n) is 6.99. The maximum absolute atomic E-state index is 13.5. The van der Waals surface area contributed by atoms with Gasteiger partial charge in [0.1, 0.15) is 50.3 Å². The summed E-state index contributed by atoms with van der Waals surface area (Å²) in [4.78, 5) is 26.4. The van der Waals surface area contributed by atoms with Gasteiger partial charge in [0, 0.05) is 6.54 Å². The molecule has 0 radical (unpaired) electrons. The van der Waals surface area contributed by atoms with E-state index in [0.29, 0.717) is 25.4 Å². The Morgan fingerprint density at radius 1 is 1.22 bits per heavy atom. The highest BCUT2D eigenvalue weighted by Gasteiger charge is 2.26. The molecule has 27 heavy (non-hydrogen) atoms. The molecule has 1 aliphatic heterocycles. The molecule has 0 aromatic heterocycles. The normalized spacial score (nSPS) is 20.6. The highest BCUT2D eigenvalue weighted by Crippen LogP contribution is 2.18. The SMILES string of the molecule is CCNC(=O)[C@H](C)NC(=O)C[NH+]1CC[NH+](Cc2cc(F)ccc2OC)CC1. The van der Waals surface area contributed by atoms with Crippen LogP contribution in [0.15, 0.2) is 18.2 Å². The number of quaternary nitrogens is 2. The van der Waals surface area contributed by atoms with Gasteiger partial charge in [-0.3, -0.25) is 9.59 Å². The van der Waals surface area contributed by atoms with Gasteiger partial charge < -0.3 is 25.2 Å². The minimum Gasteiger partial charge on any atom is -0.496 e. The third kappa shape index (κ3) is 6.48. The molecule has 1 atom stereocenters. The summed E-state index contributed by atoms with van der Waals surface area (Å²) in [6.45, 7) is 8.65. The van der Waals surface area contributed by atoms with Crippen LogP contribution in [0.3, 0.4) is 0 Å². The predicted octanol–water partition coefficient (Wildman–Crippen LogP) is -2.24. The number of likely N-dealkylation sites (N-methyl/N-ethyl adjacent to an activating group) is 1. The predicted molar refractivity (Wildman–Crippen MR) is 99.2 cm³/mol. The summed E-state index contributed by atoms with van der Waals surface area (Å²) < 4.78 is 18.8. The number of nitrogens with one attached hydrogen (secondary N) is 4. The number of hydrogen-bond donors (Lipinski definition) is 4. The highest BCUT2D eigenvalue weighted by molar-refractivity contribution is 5.87. The summed E-state index contributed by atoms with van der Waals surface area (Å²) in [7, 11) is 1.59. The van der Waals surface area contributed by atoms with Gasteiger partial charge in [0.2, 0.25) is 5.91 Å². The van der Waals surface area contributed by atoms with Crippen LogP contribution < -0.4 is 25.2 Å². The first-order chi connectivity index (χ1) is 12.9. The first-order valence-corrected chi connectivity index (χ1v) is 9.49. The minimum atomic E-state index is -0.524. The molecule has 2 rings (SSSR count). The van der Waals surface area contributed by atoms with Crippen molar-refractivity contribution in [1.82, 2.24) is 10.6 Å². The fourth-order valence-corrected chi connectivity index (χ4v) is 3.38. The average molecular weight is 382 g/mol. The number of benzene rings is 1. The van der Waals surface area contributed by atoms with E-state index in [9.17, 15) is 14.0 Å². The molecule has 2 amide bonds. The number of carbonyl (C=O) groups excluding carboxylic acids is 2. The molecule has 1 fully saturated rings. The van der Waals surface area contributed by atoms with Crippen molar-refractivity contribution in [3.63, 3.8) is 0 Å². The summed E-state index contributed by atoms with van der Waals surface area (Å²) in [5.41, 5.74) is 0.865. The lowest BCUT2D eigenvalue weighted by atomic mass is 10.1. The van der Waals surface area contributed by atoms with Crippen molar-refractivity contribution in [3.8, 4) is 5.75 Å². The quantitative estimate of drug-likeness (QED) is 0.411. The van der Waals surface area contributed by atoms with E-state index in [2.05, 4.69) is 10.6 Å². The number of halogens is 1. The smallest absolute Gasteiger partial charge is 0.275 e. The van der Waals surface area contributed by atoms with E-state index in [1.54, 1.807) is 20.1 Å². The maximum atomic E-state index is 13.5. The molecule has 1 heterocycles. The van der Waals surface area contributed by atoms with Gasteiger partial charge in [-0.15, -0.1) is 0 Å². The lowest BCUT2D eigenvalue weighted by Crippen LogP contribution is -3.28. The van der Waals surface area contributed by atoms with E-state index in [1.165, 1.54) is 21.9 Å². The third-order valence-electron chi connectivity index (χ3n) is 4.88. The molecule has 1 aromatic carbocycles. The van der Waals surface area contributed by atoms with E-state index < -0.39 is 6.04 Å². The minimum absolute atomic E-state index is 0.112. The Morgan fingerprint density at radius 2 is 1.89 bits per heavy atom. The molecule has 1 aromatic rings. The number of carbonyl (C=O) groups is 2. The summed E-state index contributed by atoms with van der Waals surface area (Å²) in [6, 6.07) is 4.07. The van der Waals surface area contributed by atoms with E-state index in [-0.39, 0.29) is 17.6 Å². The summed E-state index contributed by atoms with van der Waals surface area (Å²) in [6.07, 6.45) is 0. The Morgan fingerprint density at radius 3 is 2.52 bits per heavy atom. The van der Waals surface area contributed by atoms with Crippen LogP contribution in [-0.2, 0) is 16.1 Å². The largest absolute Gasteiger partial charge is 0.496 e. The highest BCUT2D eigenvalue weighted by atomic mass is 19.1. The van der Waals surface area contributed by atoms with E-state index in [4.69, 9.17) is 4.74 Å². The molecule has 0 bridgehead atoms. The van der Waals surface area contributed by atoms with Gasteiger partial charge in [0.25, 0.3) is 5.91 Å². The summed E-state index contributed by atoms with van der Waals surface area (Å²) >= 11 is 0. The Bertz CT molecular complexity index is 648. The van der Waals surface area contributed by atoms with Crippen molar-refractivity contribution < 1.29 is 28.5 Å². The summed E-state index contributed by atoms with van der Waals surface area (Å²) in [5.74, 6) is 0.169. The van der Waals surface area contributed by atoms with Crippen molar-refractivity contribution >= 4 is 11.8 Å². The average Bonchev–Trinajstić information content (AvgIpc) is 2.63. The number of ether oxygens (including phenoxy) is 1. The molecule has 0 spiro atoms. The second-order valence-corrected chi connectivity index (χ2v) is 6.99. The Labute approximate surface area is 159 Å². The van der Waals surface area contributed by atoms with Crippen LogP contribution in [0.25, 0.3) is 0 Å². The van der Waals surface area contributed by atoms with Crippen molar-refractivity contribution in [2.75, 3.05) is 46.4 Å². The van der Waals surface area contributed by atoms with Crippen LogP contribution in [0, 0.1) is 5.82 Å². The molecular weight excluding hydrogens is 351 g/mol. The van der Waals surface area contributed by atoms with Gasteiger partial charge in [0.05, 0.1) is 12.7 Å². The zero-order valence-electron chi connectivity index (χ0n) is 16.4. The Kier molecular flexibility index (Phi) is 7.99. The van der Waals surface area contributed by atoms with Gasteiger partial charge in [-0.25, -0.2) is 4.39 Å². The van der Waals surface area contributed by atoms with Crippen molar-refractivity contribution in [1.29, 1.82) is 0 Å². The van der Waals surface area contributed by atoms with Crippen LogP contribution in [0.4, 0.5) is 4.39 Å². The van der Waals surface area contributed by atoms with Crippen molar-refractivity contribution in [2.45, 2.75) is 26.4 Å². The topological polar surface area (TPSA) is 76.3 Å². The lowest BCUT2D eigenvalue weighted by Gasteiger charge is -2.29. The van der Waals surface area contributed by atoms with E-state index >= 15 is 0 Å². The molecule has 1 aliphatic rings. The zero-order chi connectivity index (χ0) is 19.8. The number of rotatable bonds is 8. The Balaban J connectivity index is 1.78. The van der Waals surface area contributed by atoms with Crippen LogP contribution in [-0.4, -0.2) is 64.2 Å². The van der Waals surface area contributed by atoms with E-state index in [1.807, 2.05) is 6.92 Å². The first kappa shape index (κ1) is 21.1. The van der Waals surface area contributed by atoms with Crippen LogP contribution >= 0.6 is 0 Å². The molecule has 0 saturated carbocycles. The molecule has 0 aliphatic carbocycles. The molecule has 150 valence electrons. The molecule has 7 nitrogen and oxygen atoms in total. The monoisotopic (exact) mass is 382 g/mol. The Hall–Kier alpha value is -2.19. The molecule has 8 heteroatoms. The van der Waals surface area contributed by atoms with Crippen LogP contribution in [0.1, 0.15) is 19.4 Å². The van der Waals surface area contributed by atoms with Gasteiger partial charge in [-0.1, -0.05) is 0 Å². The van der Waals surface area contributed by atoms with Gasteiger partial charge in [0.15, 0.2) is 6.54 Å². The van der Waals surface area contributed by atoms with Gasteiger partial charge in [-0.2, -0.15) is 0 Å². The van der Waals surface area contributed by atoms with Crippen LogP contribution in [0.5, 0.6) is 5.75 Å². The fourth-order valence-electron chi connectivity index (χ4n) is 3.38. The number of piperazine rings is 1. The number of amides is 2. The molecule has 1 saturated heterocycles. The standard InChI is InChI=1S/C19H29FN4O3/c1-4-21-19(26)14(2)22-18(25)13-24-9-7-23(8-10-24)12-15-11-16(20)5-6-17(15)27-3/h5-6,11,14H,4,7-10,12-13H2,1-3H3,(H,21,26)(H,22,25)/p+2/t14-/m0/s1. The van der Waals surface area contributed by atoms with Gasteiger partial charge >= 0.3 is 0 Å². The first-order valence-electron chi connectivity index (χ1n) is 9.49. The van der Waals surface area contributed by atoms with Crippen molar-refractivity contribution in [3.05, 3.63) is 29.6 Å². The van der Waals surface area contributed by atoms with E-state index in [0.717, 1.165) is 31.7 Å². The second kappa shape index (κ2) is 10.2. The molecular formula is C19H31FN4O3+2. The maximum Gasteiger partial charge on any atom is 0.275 e. The zero-order valence-corrected chi connectivity index (χ0v) is 16.4. The summed E-state index contributed by atoms with van der Waals surface area (Å²) in [5, 5.41) is 5.44. The van der Waals surface area contributed by atoms with Crippen molar-refractivity contribution in [2.24, 2.45) is 0 Å². The number of hydrogen-bond acceptors (Lipinski definition) is 3.